The van der Waals surface area contributed by atoms with Crippen LogP contribution in [0.1, 0.15) is 30.7 Å². The molecule has 0 spiro atoms. The molecule has 94 valence electrons. The molecule has 0 unspecified atom stereocenters. The van der Waals surface area contributed by atoms with Gasteiger partial charge >= 0.3 is 0 Å². The van der Waals surface area contributed by atoms with Crippen molar-refractivity contribution in [3.8, 4) is 0 Å². The SMILES string of the molecule is c1nn(C[C@H]2CCOC2)cc1C1CCNCC1. The molecule has 0 amide bonds. The summed E-state index contributed by atoms with van der Waals surface area (Å²) in [6.07, 6.45) is 7.99. The quantitative estimate of drug-likeness (QED) is 0.860. The summed E-state index contributed by atoms with van der Waals surface area (Å²) in [6, 6.07) is 0. The van der Waals surface area contributed by atoms with Crippen LogP contribution in [0.5, 0.6) is 0 Å². The summed E-state index contributed by atoms with van der Waals surface area (Å²) in [4.78, 5) is 0. The topological polar surface area (TPSA) is 39.1 Å². The standard InChI is InChI=1S/C13H21N3O/c1-4-14-5-2-12(1)13-7-15-16(9-13)8-11-3-6-17-10-11/h7,9,11-12,14H,1-6,8,10H2/t11-/m1/s1. The van der Waals surface area contributed by atoms with E-state index in [0.717, 1.165) is 32.8 Å². The molecular weight excluding hydrogens is 214 g/mol. The van der Waals surface area contributed by atoms with Gasteiger partial charge in [0.25, 0.3) is 0 Å². The molecule has 0 radical (unpaired) electrons. The van der Waals surface area contributed by atoms with Gasteiger partial charge in [0, 0.05) is 25.3 Å². The Morgan fingerprint density at radius 2 is 2.24 bits per heavy atom. The zero-order valence-electron chi connectivity index (χ0n) is 10.3. The van der Waals surface area contributed by atoms with Crippen LogP contribution in [-0.2, 0) is 11.3 Å². The number of aromatic nitrogens is 2. The molecular formula is C13H21N3O. The summed E-state index contributed by atoms with van der Waals surface area (Å²) in [7, 11) is 0. The van der Waals surface area contributed by atoms with Crippen molar-refractivity contribution in [1.29, 1.82) is 0 Å². The summed E-state index contributed by atoms with van der Waals surface area (Å²) in [5.41, 5.74) is 1.42. The maximum atomic E-state index is 5.40. The third kappa shape index (κ3) is 2.69. The van der Waals surface area contributed by atoms with Gasteiger partial charge < -0.3 is 10.1 Å². The van der Waals surface area contributed by atoms with Crippen molar-refractivity contribution < 1.29 is 4.74 Å². The molecule has 1 aromatic heterocycles. The highest BCUT2D eigenvalue weighted by Crippen LogP contribution is 2.25. The Bertz CT molecular complexity index is 351. The van der Waals surface area contributed by atoms with E-state index in [4.69, 9.17) is 4.74 Å². The predicted octanol–water partition coefficient (Wildman–Crippen LogP) is 1.39. The predicted molar refractivity (Wildman–Crippen MR) is 66.0 cm³/mol. The average Bonchev–Trinajstić information content (AvgIpc) is 3.02. The molecule has 0 bridgehead atoms. The molecule has 3 heterocycles. The van der Waals surface area contributed by atoms with Gasteiger partial charge in [0.2, 0.25) is 0 Å². The maximum absolute atomic E-state index is 5.40. The molecule has 0 aromatic carbocycles. The molecule has 2 aliphatic rings. The third-order valence-corrected chi connectivity index (χ3v) is 3.93. The Balaban J connectivity index is 1.60. The fraction of sp³-hybridized carbons (Fsp3) is 0.769. The summed E-state index contributed by atoms with van der Waals surface area (Å²) in [5.74, 6) is 1.38. The first-order chi connectivity index (χ1) is 8.42. The lowest BCUT2D eigenvalue weighted by Gasteiger charge is -2.21. The van der Waals surface area contributed by atoms with Crippen molar-refractivity contribution in [2.75, 3.05) is 26.3 Å². The van der Waals surface area contributed by atoms with Crippen LogP contribution in [0.15, 0.2) is 12.4 Å². The smallest absolute Gasteiger partial charge is 0.0524 e. The largest absolute Gasteiger partial charge is 0.381 e. The van der Waals surface area contributed by atoms with E-state index in [1.165, 1.54) is 24.8 Å². The van der Waals surface area contributed by atoms with Gasteiger partial charge in [-0.05, 0) is 43.8 Å². The number of ether oxygens (including phenoxy) is 1. The molecule has 2 fully saturated rings. The first kappa shape index (κ1) is 11.2. The normalized spacial score (nSPS) is 26.5. The van der Waals surface area contributed by atoms with Gasteiger partial charge in [-0.2, -0.15) is 5.10 Å². The lowest BCUT2D eigenvalue weighted by Crippen LogP contribution is -2.26. The zero-order valence-corrected chi connectivity index (χ0v) is 10.3. The Kier molecular flexibility index (Phi) is 3.43. The molecule has 1 aromatic rings. The van der Waals surface area contributed by atoms with Crippen molar-refractivity contribution in [3.05, 3.63) is 18.0 Å². The number of nitrogens with one attached hydrogen (secondary N) is 1. The minimum absolute atomic E-state index is 0.663. The van der Waals surface area contributed by atoms with Crippen LogP contribution in [0.3, 0.4) is 0 Å². The van der Waals surface area contributed by atoms with E-state index in [1.54, 1.807) is 0 Å². The van der Waals surface area contributed by atoms with Crippen LogP contribution in [0.4, 0.5) is 0 Å². The minimum Gasteiger partial charge on any atom is -0.381 e. The zero-order chi connectivity index (χ0) is 11.5. The number of rotatable bonds is 3. The Labute approximate surface area is 102 Å². The second kappa shape index (κ2) is 5.19. The van der Waals surface area contributed by atoms with Gasteiger partial charge in [0.1, 0.15) is 0 Å². The van der Waals surface area contributed by atoms with E-state index in [2.05, 4.69) is 27.5 Å². The van der Waals surface area contributed by atoms with E-state index < -0.39 is 0 Å². The molecule has 0 saturated carbocycles. The van der Waals surface area contributed by atoms with Crippen LogP contribution < -0.4 is 5.32 Å². The highest BCUT2D eigenvalue weighted by molar-refractivity contribution is 5.12. The number of hydrogen-bond acceptors (Lipinski definition) is 3. The van der Waals surface area contributed by atoms with Crippen LogP contribution in [-0.4, -0.2) is 36.1 Å². The molecule has 0 aliphatic carbocycles. The molecule has 4 heteroatoms. The fourth-order valence-electron chi connectivity index (χ4n) is 2.84. The summed E-state index contributed by atoms with van der Waals surface area (Å²) >= 11 is 0. The highest BCUT2D eigenvalue weighted by Gasteiger charge is 2.19. The van der Waals surface area contributed by atoms with Gasteiger partial charge in [0.05, 0.1) is 12.8 Å². The second-order valence-electron chi connectivity index (χ2n) is 5.25. The van der Waals surface area contributed by atoms with Gasteiger partial charge in [-0.1, -0.05) is 0 Å². The number of nitrogens with zero attached hydrogens (tertiary/aromatic N) is 2. The van der Waals surface area contributed by atoms with E-state index in [-0.39, 0.29) is 0 Å². The molecule has 17 heavy (non-hydrogen) atoms. The lowest BCUT2D eigenvalue weighted by atomic mass is 9.93. The Morgan fingerprint density at radius 1 is 1.35 bits per heavy atom. The van der Waals surface area contributed by atoms with Gasteiger partial charge in [-0.25, -0.2) is 0 Å². The fourth-order valence-corrected chi connectivity index (χ4v) is 2.84. The van der Waals surface area contributed by atoms with Gasteiger partial charge in [0.15, 0.2) is 0 Å². The van der Waals surface area contributed by atoms with Crippen molar-refractivity contribution in [3.63, 3.8) is 0 Å². The summed E-state index contributed by atoms with van der Waals surface area (Å²) < 4.78 is 7.51. The Morgan fingerprint density at radius 3 is 3.00 bits per heavy atom. The van der Waals surface area contributed by atoms with Crippen LogP contribution in [0.2, 0.25) is 0 Å². The van der Waals surface area contributed by atoms with Crippen molar-refractivity contribution in [2.45, 2.75) is 31.7 Å². The Hall–Kier alpha value is -0.870. The van der Waals surface area contributed by atoms with E-state index in [0.29, 0.717) is 11.8 Å². The molecule has 2 aliphatic heterocycles. The summed E-state index contributed by atoms with van der Waals surface area (Å²) in [5, 5.41) is 7.90. The van der Waals surface area contributed by atoms with E-state index >= 15 is 0 Å². The minimum atomic E-state index is 0.663. The first-order valence-electron chi connectivity index (χ1n) is 6.72. The molecule has 1 N–H and O–H groups in total. The molecule has 1 atom stereocenters. The van der Waals surface area contributed by atoms with E-state index in [1.807, 2.05) is 0 Å². The lowest BCUT2D eigenvalue weighted by molar-refractivity contribution is 0.181. The van der Waals surface area contributed by atoms with E-state index in [9.17, 15) is 0 Å². The molecule has 4 nitrogen and oxygen atoms in total. The first-order valence-corrected chi connectivity index (χ1v) is 6.72. The molecule has 3 rings (SSSR count). The number of hydrogen-bond donors (Lipinski definition) is 1. The summed E-state index contributed by atoms with van der Waals surface area (Å²) in [6.45, 7) is 5.14. The van der Waals surface area contributed by atoms with Gasteiger partial charge in [-0.15, -0.1) is 0 Å². The highest BCUT2D eigenvalue weighted by atomic mass is 16.5. The van der Waals surface area contributed by atoms with Crippen molar-refractivity contribution >= 4 is 0 Å². The van der Waals surface area contributed by atoms with Gasteiger partial charge in [-0.3, -0.25) is 4.68 Å². The maximum Gasteiger partial charge on any atom is 0.0524 e. The van der Waals surface area contributed by atoms with Crippen molar-refractivity contribution in [2.24, 2.45) is 5.92 Å². The second-order valence-corrected chi connectivity index (χ2v) is 5.25. The van der Waals surface area contributed by atoms with Crippen LogP contribution in [0, 0.1) is 5.92 Å². The van der Waals surface area contributed by atoms with Crippen LogP contribution >= 0.6 is 0 Å². The van der Waals surface area contributed by atoms with Crippen LogP contribution in [0.25, 0.3) is 0 Å². The molecule has 2 saturated heterocycles. The number of piperidine rings is 1. The average molecular weight is 235 g/mol. The van der Waals surface area contributed by atoms with Crippen molar-refractivity contribution in [1.82, 2.24) is 15.1 Å². The third-order valence-electron chi connectivity index (χ3n) is 3.93. The monoisotopic (exact) mass is 235 g/mol.